The van der Waals surface area contributed by atoms with E-state index in [0.29, 0.717) is 12.2 Å². The molecule has 2 aromatic heterocycles. The van der Waals surface area contributed by atoms with E-state index in [2.05, 4.69) is 5.10 Å². The Morgan fingerprint density at radius 2 is 2.18 bits per heavy atom. The van der Waals surface area contributed by atoms with Crippen molar-refractivity contribution in [1.82, 2.24) is 14.3 Å². The number of nitrogens with two attached hydrogens (primary N) is 1. The summed E-state index contributed by atoms with van der Waals surface area (Å²) in [6, 6.07) is 5.08. The van der Waals surface area contributed by atoms with Crippen LogP contribution in [0, 0.1) is 6.92 Å². The summed E-state index contributed by atoms with van der Waals surface area (Å²) in [6.45, 7) is 5.26. The lowest BCUT2D eigenvalue weighted by Gasteiger charge is -2.07. The molecule has 0 aliphatic carbocycles. The van der Waals surface area contributed by atoms with E-state index in [1.165, 1.54) is 6.07 Å². The fraction of sp³-hybridized carbons (Fsp3) is 0.333. The molecule has 0 aliphatic rings. The highest BCUT2D eigenvalue weighted by atomic mass is 16.1. The zero-order valence-electron chi connectivity index (χ0n) is 10.1. The Hall–Kier alpha value is -2.04. The third-order valence-corrected chi connectivity index (χ3v) is 2.62. The van der Waals surface area contributed by atoms with Gasteiger partial charge in [0.05, 0.1) is 17.9 Å². The minimum absolute atomic E-state index is 0.0549. The second kappa shape index (κ2) is 4.45. The first-order chi connectivity index (χ1) is 8.10. The summed E-state index contributed by atoms with van der Waals surface area (Å²) in [5, 5.41) is 4.35. The molecule has 0 atom stereocenters. The lowest BCUT2D eigenvalue weighted by Crippen LogP contribution is -2.21. The maximum Gasteiger partial charge on any atom is 0.251 e. The van der Waals surface area contributed by atoms with E-state index in [9.17, 15) is 4.79 Å². The molecule has 0 aliphatic heterocycles. The van der Waals surface area contributed by atoms with Gasteiger partial charge in [-0.25, -0.2) is 0 Å². The number of aryl methyl sites for hydroxylation is 2. The fourth-order valence-corrected chi connectivity index (χ4v) is 1.85. The smallest absolute Gasteiger partial charge is 0.251 e. The number of hydrogen-bond acceptors (Lipinski definition) is 3. The Balaban J connectivity index is 2.37. The van der Waals surface area contributed by atoms with Crippen molar-refractivity contribution in [3.8, 4) is 0 Å². The highest BCUT2D eigenvalue weighted by molar-refractivity contribution is 5.33. The van der Waals surface area contributed by atoms with Crippen molar-refractivity contribution in [2.45, 2.75) is 26.9 Å². The molecule has 17 heavy (non-hydrogen) atoms. The maximum atomic E-state index is 11.7. The van der Waals surface area contributed by atoms with Crippen LogP contribution in [0.5, 0.6) is 0 Å². The second-order valence-corrected chi connectivity index (χ2v) is 4.02. The molecule has 90 valence electrons. The van der Waals surface area contributed by atoms with Crippen LogP contribution in [-0.4, -0.2) is 14.3 Å². The molecule has 0 radical (unpaired) electrons. The van der Waals surface area contributed by atoms with Gasteiger partial charge in [0, 0.05) is 24.5 Å². The number of nitrogen functional groups attached to an aromatic ring is 1. The van der Waals surface area contributed by atoms with Gasteiger partial charge >= 0.3 is 0 Å². The Labute approximate surface area is 99.5 Å². The molecular weight excluding hydrogens is 216 g/mol. The van der Waals surface area contributed by atoms with E-state index in [4.69, 9.17) is 5.73 Å². The lowest BCUT2D eigenvalue weighted by atomic mass is 10.3. The van der Waals surface area contributed by atoms with E-state index in [1.807, 2.05) is 24.6 Å². The molecule has 2 N–H and O–H groups in total. The van der Waals surface area contributed by atoms with Gasteiger partial charge in [0.25, 0.3) is 5.56 Å². The standard InChI is InChI=1S/C12H16N4O/c1-3-16-11(6-9(2)14-16)8-15-7-10(13)4-5-12(15)17/h4-7H,3,8,13H2,1-2H3. The number of pyridine rings is 1. The summed E-state index contributed by atoms with van der Waals surface area (Å²) in [5.74, 6) is 0. The van der Waals surface area contributed by atoms with Crippen molar-refractivity contribution < 1.29 is 0 Å². The summed E-state index contributed by atoms with van der Waals surface area (Å²) in [4.78, 5) is 11.7. The van der Waals surface area contributed by atoms with Crippen LogP contribution in [-0.2, 0) is 13.1 Å². The number of hydrogen-bond donors (Lipinski definition) is 1. The van der Waals surface area contributed by atoms with Gasteiger partial charge in [-0.05, 0) is 26.0 Å². The van der Waals surface area contributed by atoms with E-state index in [-0.39, 0.29) is 5.56 Å². The topological polar surface area (TPSA) is 65.8 Å². The normalized spacial score (nSPS) is 10.7. The summed E-state index contributed by atoms with van der Waals surface area (Å²) in [6.07, 6.45) is 1.66. The van der Waals surface area contributed by atoms with Crippen LogP contribution in [0.25, 0.3) is 0 Å². The molecule has 2 rings (SSSR count). The molecule has 0 aromatic carbocycles. The van der Waals surface area contributed by atoms with Crippen LogP contribution < -0.4 is 11.3 Å². The number of anilines is 1. The minimum Gasteiger partial charge on any atom is -0.398 e. The Kier molecular flexibility index (Phi) is 2.99. The molecule has 2 aromatic rings. The zero-order chi connectivity index (χ0) is 12.4. The van der Waals surface area contributed by atoms with Crippen molar-refractivity contribution in [3.05, 3.63) is 46.1 Å². The van der Waals surface area contributed by atoms with E-state index in [0.717, 1.165) is 17.9 Å². The first kappa shape index (κ1) is 11.4. The maximum absolute atomic E-state index is 11.7. The van der Waals surface area contributed by atoms with Crippen LogP contribution in [0.3, 0.4) is 0 Å². The molecule has 0 bridgehead atoms. The molecule has 0 amide bonds. The molecule has 0 fully saturated rings. The van der Waals surface area contributed by atoms with Crippen molar-refractivity contribution >= 4 is 5.69 Å². The molecule has 0 spiro atoms. The van der Waals surface area contributed by atoms with Crippen molar-refractivity contribution in [2.75, 3.05) is 5.73 Å². The van der Waals surface area contributed by atoms with E-state index >= 15 is 0 Å². The number of aromatic nitrogens is 3. The van der Waals surface area contributed by atoms with Crippen molar-refractivity contribution in [1.29, 1.82) is 0 Å². The van der Waals surface area contributed by atoms with Gasteiger partial charge in [0.2, 0.25) is 0 Å². The Morgan fingerprint density at radius 3 is 2.88 bits per heavy atom. The average molecular weight is 232 g/mol. The zero-order valence-corrected chi connectivity index (χ0v) is 10.1. The fourth-order valence-electron chi connectivity index (χ4n) is 1.85. The Morgan fingerprint density at radius 1 is 1.41 bits per heavy atom. The number of rotatable bonds is 3. The summed E-state index contributed by atoms with van der Waals surface area (Å²) in [7, 11) is 0. The number of nitrogens with zero attached hydrogens (tertiary/aromatic N) is 3. The van der Waals surface area contributed by atoms with Gasteiger partial charge in [-0.2, -0.15) is 5.10 Å². The average Bonchev–Trinajstić information content (AvgIpc) is 2.64. The van der Waals surface area contributed by atoms with Gasteiger partial charge in [0.1, 0.15) is 0 Å². The quantitative estimate of drug-likeness (QED) is 0.858. The molecule has 0 unspecified atom stereocenters. The van der Waals surface area contributed by atoms with Gasteiger partial charge in [-0.3, -0.25) is 9.48 Å². The molecule has 0 saturated carbocycles. The summed E-state index contributed by atoms with van der Waals surface area (Å²) < 4.78 is 3.49. The van der Waals surface area contributed by atoms with Crippen molar-refractivity contribution in [2.24, 2.45) is 0 Å². The van der Waals surface area contributed by atoms with Crippen LogP contribution >= 0.6 is 0 Å². The van der Waals surface area contributed by atoms with Gasteiger partial charge in [-0.1, -0.05) is 0 Å². The molecule has 2 heterocycles. The SMILES string of the molecule is CCn1nc(C)cc1Cn1cc(N)ccc1=O. The molecule has 0 saturated heterocycles. The van der Waals surface area contributed by atoms with E-state index < -0.39 is 0 Å². The van der Waals surface area contributed by atoms with Crippen molar-refractivity contribution in [3.63, 3.8) is 0 Å². The van der Waals surface area contributed by atoms with E-state index in [1.54, 1.807) is 16.8 Å². The monoisotopic (exact) mass is 232 g/mol. The predicted molar refractivity (Wildman–Crippen MR) is 66.9 cm³/mol. The van der Waals surface area contributed by atoms with Gasteiger partial charge in [-0.15, -0.1) is 0 Å². The second-order valence-electron chi connectivity index (χ2n) is 4.02. The molecule has 5 nitrogen and oxygen atoms in total. The van der Waals surface area contributed by atoms with Crippen LogP contribution in [0.4, 0.5) is 5.69 Å². The van der Waals surface area contributed by atoms with Crippen LogP contribution in [0.2, 0.25) is 0 Å². The third kappa shape index (κ3) is 2.38. The summed E-state index contributed by atoms with van der Waals surface area (Å²) >= 11 is 0. The predicted octanol–water partition coefficient (Wildman–Crippen LogP) is 1.00. The molecule has 5 heteroatoms. The summed E-state index contributed by atoms with van der Waals surface area (Å²) in [5.41, 5.74) is 8.18. The highest BCUT2D eigenvalue weighted by Crippen LogP contribution is 2.06. The first-order valence-corrected chi connectivity index (χ1v) is 5.59. The Bertz CT molecular complexity index is 582. The largest absolute Gasteiger partial charge is 0.398 e. The van der Waals surface area contributed by atoms with Crippen LogP contribution in [0.15, 0.2) is 29.2 Å². The van der Waals surface area contributed by atoms with Gasteiger partial charge < -0.3 is 10.3 Å². The highest BCUT2D eigenvalue weighted by Gasteiger charge is 2.05. The van der Waals surface area contributed by atoms with Crippen LogP contribution in [0.1, 0.15) is 18.3 Å². The van der Waals surface area contributed by atoms with Gasteiger partial charge in [0.15, 0.2) is 0 Å². The first-order valence-electron chi connectivity index (χ1n) is 5.59. The minimum atomic E-state index is -0.0549. The third-order valence-electron chi connectivity index (χ3n) is 2.62. The molecular formula is C12H16N4O. The lowest BCUT2D eigenvalue weighted by molar-refractivity contribution is 0.592.